The lowest BCUT2D eigenvalue weighted by Gasteiger charge is -2.33. The fourth-order valence-corrected chi connectivity index (χ4v) is 4.08. The van der Waals surface area contributed by atoms with Crippen LogP contribution in [0.3, 0.4) is 0 Å². The van der Waals surface area contributed by atoms with Crippen LogP contribution in [-0.2, 0) is 6.54 Å². The van der Waals surface area contributed by atoms with E-state index in [9.17, 15) is 22.4 Å². The molecule has 0 radical (unpaired) electrons. The molecule has 0 fully saturated rings. The minimum absolute atomic E-state index is 0.0302. The van der Waals surface area contributed by atoms with Crippen molar-refractivity contribution >= 4 is 23.1 Å². The molecule has 1 amide bonds. The molecule has 2 unspecified atom stereocenters. The largest absolute Gasteiger partial charge is 0.410 e. The normalized spacial score (nSPS) is 18.8. The van der Waals surface area contributed by atoms with Gasteiger partial charge in [0.25, 0.3) is 5.91 Å². The van der Waals surface area contributed by atoms with Crippen LogP contribution in [0.25, 0.3) is 0 Å². The average molecular weight is 424 g/mol. The lowest BCUT2D eigenvalue weighted by Crippen LogP contribution is -2.36. The molecule has 1 aromatic carbocycles. The number of hydrogen-bond acceptors (Lipinski definition) is 4. The second-order valence-electron chi connectivity index (χ2n) is 6.67. The number of thiophene rings is 1. The summed E-state index contributed by atoms with van der Waals surface area (Å²) in [5.74, 6) is -0.919. The zero-order valence-electron chi connectivity index (χ0n) is 14.9. The smallest absolute Gasteiger partial charge is 0.362 e. The van der Waals surface area contributed by atoms with Gasteiger partial charge in [0.15, 0.2) is 6.04 Å². The van der Waals surface area contributed by atoms with Gasteiger partial charge in [0.1, 0.15) is 17.2 Å². The van der Waals surface area contributed by atoms with Crippen LogP contribution in [0, 0.1) is 5.82 Å². The molecule has 0 bridgehead atoms. The van der Waals surface area contributed by atoms with Gasteiger partial charge >= 0.3 is 6.18 Å². The number of carbonyl (C=O) groups excluding carboxylic acids is 1. The molecule has 4 rings (SSSR count). The van der Waals surface area contributed by atoms with Gasteiger partial charge in [-0.3, -0.25) is 4.79 Å². The first-order valence-corrected chi connectivity index (χ1v) is 9.67. The number of fused-ring (bicyclic) bond motifs is 1. The maximum absolute atomic E-state index is 13.6. The Kier molecular flexibility index (Phi) is 5.03. The van der Waals surface area contributed by atoms with Crippen LogP contribution in [0.1, 0.15) is 39.3 Å². The molecule has 1 aliphatic rings. The summed E-state index contributed by atoms with van der Waals surface area (Å²) in [6.07, 6.45) is -3.58. The summed E-state index contributed by atoms with van der Waals surface area (Å²) in [4.78, 5) is 13.4. The third kappa shape index (κ3) is 3.98. The third-order valence-electron chi connectivity index (χ3n) is 4.74. The average Bonchev–Trinajstić information content (AvgIpc) is 3.35. The van der Waals surface area contributed by atoms with E-state index in [1.807, 2.05) is 0 Å². The van der Waals surface area contributed by atoms with Crippen LogP contribution in [0.5, 0.6) is 0 Å². The van der Waals surface area contributed by atoms with Gasteiger partial charge in [-0.1, -0.05) is 18.2 Å². The van der Waals surface area contributed by atoms with E-state index in [4.69, 9.17) is 0 Å². The molecule has 3 aromatic rings. The number of hydrogen-bond donors (Lipinski definition) is 2. The number of aromatic nitrogens is 2. The van der Waals surface area contributed by atoms with Gasteiger partial charge in [0, 0.05) is 17.8 Å². The van der Waals surface area contributed by atoms with Crippen molar-refractivity contribution < 1.29 is 22.4 Å². The van der Waals surface area contributed by atoms with Gasteiger partial charge in [-0.05, 0) is 29.1 Å². The first-order chi connectivity index (χ1) is 13.8. The first-order valence-electron chi connectivity index (χ1n) is 8.79. The van der Waals surface area contributed by atoms with Crippen molar-refractivity contribution in [1.29, 1.82) is 0 Å². The molecule has 2 N–H and O–H groups in total. The fourth-order valence-electron chi connectivity index (χ4n) is 3.28. The topological polar surface area (TPSA) is 59.0 Å². The van der Waals surface area contributed by atoms with Crippen molar-refractivity contribution in [3.63, 3.8) is 0 Å². The number of benzene rings is 1. The number of halogens is 4. The minimum atomic E-state index is -4.50. The van der Waals surface area contributed by atoms with Crippen molar-refractivity contribution in [2.75, 3.05) is 5.32 Å². The summed E-state index contributed by atoms with van der Waals surface area (Å²) in [7, 11) is 0. The monoisotopic (exact) mass is 424 g/mol. The van der Waals surface area contributed by atoms with E-state index in [1.165, 1.54) is 35.6 Å². The summed E-state index contributed by atoms with van der Waals surface area (Å²) in [5.41, 5.74) is 0.695. The number of amides is 1. The van der Waals surface area contributed by atoms with E-state index in [0.29, 0.717) is 5.56 Å². The molecular weight excluding hydrogens is 408 g/mol. The molecule has 0 spiro atoms. The lowest BCUT2D eigenvalue weighted by molar-refractivity contribution is -0.173. The van der Waals surface area contributed by atoms with E-state index in [2.05, 4.69) is 15.7 Å². The van der Waals surface area contributed by atoms with Gasteiger partial charge in [-0.25, -0.2) is 9.07 Å². The second-order valence-corrected chi connectivity index (χ2v) is 7.65. The molecule has 0 saturated heterocycles. The second kappa shape index (κ2) is 7.51. The summed E-state index contributed by atoms with van der Waals surface area (Å²) in [6, 6.07) is 6.71. The number of rotatable bonds is 4. The molecule has 0 aliphatic carbocycles. The summed E-state index contributed by atoms with van der Waals surface area (Å²) >= 11 is 1.35. The van der Waals surface area contributed by atoms with Gasteiger partial charge in [0.2, 0.25) is 0 Å². The van der Waals surface area contributed by atoms with Crippen molar-refractivity contribution in [2.45, 2.75) is 31.2 Å². The minimum Gasteiger partial charge on any atom is -0.362 e. The number of nitrogens with one attached hydrogen (secondary N) is 2. The molecule has 10 heteroatoms. The zero-order chi connectivity index (χ0) is 20.6. The van der Waals surface area contributed by atoms with Crippen LogP contribution < -0.4 is 10.6 Å². The summed E-state index contributed by atoms with van der Waals surface area (Å²) < 4.78 is 54.7. The Hall–Kier alpha value is -2.88. The van der Waals surface area contributed by atoms with Gasteiger partial charge in [0.05, 0.1) is 12.2 Å². The van der Waals surface area contributed by atoms with E-state index in [1.54, 1.807) is 17.5 Å². The maximum Gasteiger partial charge on any atom is 0.410 e. The Morgan fingerprint density at radius 3 is 2.69 bits per heavy atom. The highest BCUT2D eigenvalue weighted by molar-refractivity contribution is 7.10. The molecule has 5 nitrogen and oxygen atoms in total. The van der Waals surface area contributed by atoms with Crippen LogP contribution in [0.15, 0.2) is 48.0 Å². The van der Waals surface area contributed by atoms with E-state index in [0.717, 1.165) is 15.8 Å². The Balaban J connectivity index is 1.59. The predicted molar refractivity (Wildman–Crippen MR) is 100 cm³/mol. The number of alkyl halides is 3. The van der Waals surface area contributed by atoms with Gasteiger partial charge in [-0.2, -0.15) is 18.3 Å². The van der Waals surface area contributed by atoms with Crippen molar-refractivity contribution in [3.8, 4) is 0 Å². The van der Waals surface area contributed by atoms with Gasteiger partial charge in [-0.15, -0.1) is 11.3 Å². The zero-order valence-corrected chi connectivity index (χ0v) is 15.7. The van der Waals surface area contributed by atoms with Gasteiger partial charge < -0.3 is 10.6 Å². The number of anilines is 1. The molecule has 1 aliphatic heterocycles. The van der Waals surface area contributed by atoms with E-state index < -0.39 is 30.0 Å². The third-order valence-corrected chi connectivity index (χ3v) is 5.72. The van der Waals surface area contributed by atoms with E-state index >= 15 is 0 Å². The van der Waals surface area contributed by atoms with Crippen molar-refractivity contribution in [3.05, 3.63) is 69.8 Å². The molecule has 152 valence electrons. The predicted octanol–water partition coefficient (Wildman–Crippen LogP) is 4.67. The Morgan fingerprint density at radius 1 is 1.28 bits per heavy atom. The molecule has 2 atom stereocenters. The van der Waals surface area contributed by atoms with Crippen LogP contribution in [0.2, 0.25) is 0 Å². The molecule has 29 heavy (non-hydrogen) atoms. The SMILES string of the molecule is O=C(NCc1ccc(F)cc1)c1cnn2c1NC(c1cccs1)CC2C(F)(F)F. The quantitative estimate of drug-likeness (QED) is 0.599. The van der Waals surface area contributed by atoms with E-state index in [-0.39, 0.29) is 24.3 Å². The van der Waals surface area contributed by atoms with Crippen LogP contribution in [-0.4, -0.2) is 21.9 Å². The fraction of sp³-hybridized carbons (Fsp3) is 0.263. The maximum atomic E-state index is 13.6. The summed E-state index contributed by atoms with van der Waals surface area (Å²) in [5, 5.41) is 11.3. The first kappa shape index (κ1) is 19.4. The Labute approximate surface area is 167 Å². The molecular formula is C19H16F4N4OS. The van der Waals surface area contributed by atoms with Crippen LogP contribution >= 0.6 is 11.3 Å². The standard InChI is InChI=1S/C19H16F4N4OS/c20-12-5-3-11(4-6-12)9-24-18(28)13-10-25-27-16(19(21,22)23)8-14(26-17(13)27)15-2-1-7-29-15/h1-7,10,14,16,26H,8-9H2,(H,24,28). The highest BCUT2D eigenvalue weighted by Gasteiger charge is 2.47. The Morgan fingerprint density at radius 2 is 2.03 bits per heavy atom. The molecule has 0 saturated carbocycles. The highest BCUT2D eigenvalue weighted by Crippen LogP contribution is 2.45. The summed E-state index contributed by atoms with van der Waals surface area (Å²) in [6.45, 7) is 0.112. The number of nitrogens with zero attached hydrogens (tertiary/aromatic N) is 2. The van der Waals surface area contributed by atoms with Crippen molar-refractivity contribution in [2.24, 2.45) is 0 Å². The molecule has 3 heterocycles. The highest BCUT2D eigenvalue weighted by atomic mass is 32.1. The lowest BCUT2D eigenvalue weighted by atomic mass is 10.0. The molecule has 2 aromatic heterocycles. The van der Waals surface area contributed by atoms with Crippen molar-refractivity contribution in [1.82, 2.24) is 15.1 Å². The van der Waals surface area contributed by atoms with Crippen LogP contribution in [0.4, 0.5) is 23.4 Å². The Bertz CT molecular complexity index is 998. The number of carbonyl (C=O) groups is 1.